The van der Waals surface area contributed by atoms with Gasteiger partial charge in [-0.05, 0) is 55.5 Å². The fourth-order valence-corrected chi connectivity index (χ4v) is 3.71. The number of benzene rings is 1. The molecule has 0 spiro atoms. The van der Waals surface area contributed by atoms with Gasteiger partial charge < -0.3 is 8.83 Å². The molecule has 0 aliphatic rings. The third kappa shape index (κ3) is 3.42. The first kappa shape index (κ1) is 17.0. The van der Waals surface area contributed by atoms with Gasteiger partial charge in [0, 0.05) is 5.56 Å². The van der Waals surface area contributed by atoms with Gasteiger partial charge in [-0.25, -0.2) is 0 Å². The Kier molecular flexibility index (Phi) is 4.60. The molecule has 4 aromatic rings. The first-order valence-corrected chi connectivity index (χ1v) is 9.81. The molecule has 1 aromatic carbocycles. The van der Waals surface area contributed by atoms with E-state index in [0.717, 1.165) is 10.4 Å². The van der Waals surface area contributed by atoms with Gasteiger partial charge in [0.05, 0.1) is 10.1 Å². The van der Waals surface area contributed by atoms with Crippen LogP contribution in [0, 0.1) is 13.8 Å². The molecule has 0 amide bonds. The Morgan fingerprint density at radius 2 is 1.81 bits per heavy atom. The fourth-order valence-electron chi connectivity index (χ4n) is 2.35. The molecule has 1 atom stereocenters. The van der Waals surface area contributed by atoms with Crippen LogP contribution in [0.2, 0.25) is 0 Å². The van der Waals surface area contributed by atoms with Crippen LogP contribution in [0.3, 0.4) is 0 Å². The Labute approximate surface area is 158 Å². The van der Waals surface area contributed by atoms with Crippen molar-refractivity contribution in [1.82, 2.24) is 20.4 Å². The Balaban J connectivity index is 1.49. The summed E-state index contributed by atoms with van der Waals surface area (Å²) in [4.78, 5) is 0.954. The topological polar surface area (TPSA) is 77.8 Å². The van der Waals surface area contributed by atoms with Crippen molar-refractivity contribution in [3.8, 4) is 22.2 Å². The number of aryl methyl sites for hydroxylation is 2. The molecule has 4 rings (SSSR count). The molecule has 3 heterocycles. The maximum Gasteiger partial charge on any atom is 0.277 e. The molecule has 0 fully saturated rings. The second-order valence-corrected chi connectivity index (χ2v) is 8.09. The van der Waals surface area contributed by atoms with Gasteiger partial charge in [0.25, 0.3) is 11.1 Å². The Morgan fingerprint density at radius 3 is 2.58 bits per heavy atom. The summed E-state index contributed by atoms with van der Waals surface area (Å²) in [5, 5.41) is 18.9. The van der Waals surface area contributed by atoms with Gasteiger partial charge >= 0.3 is 0 Å². The number of thioether (sulfide) groups is 1. The third-order valence-electron chi connectivity index (χ3n) is 3.96. The van der Waals surface area contributed by atoms with E-state index >= 15 is 0 Å². The molecule has 0 saturated carbocycles. The molecular weight excluding hydrogens is 368 g/mol. The highest BCUT2D eigenvalue weighted by molar-refractivity contribution is 7.99. The van der Waals surface area contributed by atoms with Crippen LogP contribution >= 0.6 is 23.1 Å². The van der Waals surface area contributed by atoms with Gasteiger partial charge in [0.2, 0.25) is 11.8 Å². The van der Waals surface area contributed by atoms with Crippen molar-refractivity contribution in [1.29, 1.82) is 0 Å². The van der Waals surface area contributed by atoms with Crippen molar-refractivity contribution < 1.29 is 8.83 Å². The van der Waals surface area contributed by atoms with Crippen molar-refractivity contribution in [2.24, 2.45) is 0 Å². The standard InChI is InChI=1S/C18H16N4O2S2/c1-10-6-7-13(9-11(10)2)16-20-22-18(24-16)26-12(3)15-19-21-17(23-15)14-5-4-8-25-14/h4-9,12H,1-3H3/t12-/m0/s1. The number of aromatic nitrogens is 4. The molecule has 132 valence electrons. The maximum atomic E-state index is 5.79. The smallest absolute Gasteiger partial charge is 0.277 e. The highest BCUT2D eigenvalue weighted by Gasteiger charge is 2.20. The van der Waals surface area contributed by atoms with E-state index < -0.39 is 0 Å². The van der Waals surface area contributed by atoms with Gasteiger partial charge in [0.15, 0.2) is 0 Å². The normalized spacial score (nSPS) is 12.4. The summed E-state index contributed by atoms with van der Waals surface area (Å²) in [6.07, 6.45) is 0. The minimum Gasteiger partial charge on any atom is -0.419 e. The second-order valence-electron chi connectivity index (χ2n) is 5.85. The monoisotopic (exact) mass is 384 g/mol. The highest BCUT2D eigenvalue weighted by atomic mass is 32.2. The lowest BCUT2D eigenvalue weighted by atomic mass is 10.1. The number of hydrogen-bond donors (Lipinski definition) is 0. The minimum atomic E-state index is -0.0933. The number of thiophene rings is 1. The lowest BCUT2D eigenvalue weighted by Crippen LogP contribution is -1.88. The molecule has 0 saturated heterocycles. The second kappa shape index (κ2) is 7.05. The summed E-state index contributed by atoms with van der Waals surface area (Å²) in [6, 6.07) is 9.99. The third-order valence-corrected chi connectivity index (χ3v) is 5.74. The van der Waals surface area contributed by atoms with Crippen molar-refractivity contribution >= 4 is 23.1 Å². The largest absolute Gasteiger partial charge is 0.419 e. The molecule has 0 aliphatic heterocycles. The first-order chi connectivity index (χ1) is 12.6. The number of rotatable bonds is 5. The highest BCUT2D eigenvalue weighted by Crippen LogP contribution is 2.36. The van der Waals surface area contributed by atoms with Crippen molar-refractivity contribution in [3.05, 3.63) is 52.7 Å². The van der Waals surface area contributed by atoms with E-state index in [1.54, 1.807) is 11.3 Å². The first-order valence-electron chi connectivity index (χ1n) is 8.05. The van der Waals surface area contributed by atoms with Gasteiger partial charge in [-0.3, -0.25) is 0 Å². The van der Waals surface area contributed by atoms with Crippen LogP contribution in [-0.4, -0.2) is 20.4 Å². The lowest BCUT2D eigenvalue weighted by molar-refractivity contribution is 0.461. The van der Waals surface area contributed by atoms with Crippen LogP contribution in [0.15, 0.2) is 49.8 Å². The molecule has 26 heavy (non-hydrogen) atoms. The summed E-state index contributed by atoms with van der Waals surface area (Å²) in [5.74, 6) is 1.57. The molecule has 0 unspecified atom stereocenters. The fraction of sp³-hybridized carbons (Fsp3) is 0.222. The van der Waals surface area contributed by atoms with E-state index in [-0.39, 0.29) is 5.25 Å². The van der Waals surface area contributed by atoms with E-state index in [0.29, 0.717) is 22.9 Å². The van der Waals surface area contributed by atoms with Crippen LogP contribution in [0.5, 0.6) is 0 Å². The number of hydrogen-bond acceptors (Lipinski definition) is 8. The zero-order chi connectivity index (χ0) is 18.1. The van der Waals surface area contributed by atoms with E-state index in [9.17, 15) is 0 Å². The molecule has 6 nitrogen and oxygen atoms in total. The predicted octanol–water partition coefficient (Wildman–Crippen LogP) is 5.32. The molecule has 0 aliphatic carbocycles. The summed E-state index contributed by atoms with van der Waals surface area (Å²) in [7, 11) is 0. The average Bonchev–Trinajstić information content (AvgIpc) is 3.38. The van der Waals surface area contributed by atoms with Gasteiger partial charge in [-0.2, -0.15) is 0 Å². The van der Waals surface area contributed by atoms with Crippen molar-refractivity contribution in [3.63, 3.8) is 0 Å². The molecule has 0 radical (unpaired) electrons. The summed E-state index contributed by atoms with van der Waals surface area (Å²) in [5.41, 5.74) is 3.34. The zero-order valence-electron chi connectivity index (χ0n) is 14.5. The molecular formula is C18H16N4O2S2. The van der Waals surface area contributed by atoms with Crippen LogP contribution in [-0.2, 0) is 0 Å². The molecule has 0 bridgehead atoms. The molecule has 3 aromatic heterocycles. The molecule has 0 N–H and O–H groups in total. The number of nitrogens with zero attached hydrogens (tertiary/aromatic N) is 4. The zero-order valence-corrected chi connectivity index (χ0v) is 16.1. The van der Waals surface area contributed by atoms with E-state index in [1.807, 2.05) is 36.6 Å². The summed E-state index contributed by atoms with van der Waals surface area (Å²) >= 11 is 2.96. The SMILES string of the molecule is Cc1ccc(-c2nnc(S[C@@H](C)c3nnc(-c4cccs4)o3)o2)cc1C. The predicted molar refractivity (Wildman–Crippen MR) is 101 cm³/mol. The van der Waals surface area contributed by atoms with Crippen molar-refractivity contribution in [2.75, 3.05) is 0 Å². The van der Waals surface area contributed by atoms with Crippen LogP contribution in [0.1, 0.15) is 29.2 Å². The van der Waals surface area contributed by atoms with Crippen LogP contribution in [0.25, 0.3) is 22.2 Å². The summed E-state index contributed by atoms with van der Waals surface area (Å²) < 4.78 is 11.5. The van der Waals surface area contributed by atoms with Crippen molar-refractivity contribution in [2.45, 2.75) is 31.2 Å². The van der Waals surface area contributed by atoms with Gasteiger partial charge in [-0.1, -0.05) is 23.9 Å². The lowest BCUT2D eigenvalue weighted by Gasteiger charge is -2.02. The van der Waals surface area contributed by atoms with Crippen LogP contribution < -0.4 is 0 Å². The maximum absolute atomic E-state index is 5.79. The minimum absolute atomic E-state index is 0.0933. The van der Waals surface area contributed by atoms with E-state index in [2.05, 4.69) is 40.3 Å². The van der Waals surface area contributed by atoms with Gasteiger partial charge in [-0.15, -0.1) is 31.7 Å². The van der Waals surface area contributed by atoms with Crippen LogP contribution in [0.4, 0.5) is 0 Å². The quantitative estimate of drug-likeness (QED) is 0.431. The van der Waals surface area contributed by atoms with Gasteiger partial charge in [0.1, 0.15) is 0 Å². The van der Waals surface area contributed by atoms with E-state index in [4.69, 9.17) is 8.83 Å². The Morgan fingerprint density at radius 1 is 0.962 bits per heavy atom. The Bertz CT molecular complexity index is 1020. The summed E-state index contributed by atoms with van der Waals surface area (Å²) in [6.45, 7) is 6.11. The Hall–Kier alpha value is -2.45. The van der Waals surface area contributed by atoms with E-state index in [1.165, 1.54) is 22.9 Å². The average molecular weight is 384 g/mol. The molecule has 8 heteroatoms.